The van der Waals surface area contributed by atoms with Crippen molar-refractivity contribution in [2.24, 2.45) is 5.92 Å². The first-order chi connectivity index (χ1) is 9.07. The van der Waals surface area contributed by atoms with E-state index in [2.05, 4.69) is 26.1 Å². The van der Waals surface area contributed by atoms with E-state index in [1.54, 1.807) is 0 Å². The Bertz CT molecular complexity index is 322. The predicted molar refractivity (Wildman–Crippen MR) is 77.5 cm³/mol. The number of hydrogen-bond donors (Lipinski definition) is 1. The van der Waals surface area contributed by atoms with E-state index < -0.39 is 9.74 Å². The van der Waals surface area contributed by atoms with Gasteiger partial charge in [-0.2, -0.15) is 0 Å². The Kier molecular flexibility index (Phi) is 6.22. The molecule has 0 amide bonds. The van der Waals surface area contributed by atoms with E-state index in [0.29, 0.717) is 12.5 Å². The van der Waals surface area contributed by atoms with Crippen molar-refractivity contribution in [3.05, 3.63) is 0 Å². The van der Waals surface area contributed by atoms with Crippen LogP contribution in [0.15, 0.2) is 0 Å². The molecule has 108 valence electrons. The van der Waals surface area contributed by atoms with Gasteiger partial charge in [-0.3, -0.25) is 0 Å². The molecular weight excluding hydrogens is 471 g/mol. The second-order valence-electron chi connectivity index (χ2n) is 4.98. The first-order valence-corrected chi connectivity index (χ1v) is 10.1. The van der Waals surface area contributed by atoms with Crippen LogP contribution in [0.3, 0.4) is 0 Å². The average molecular weight is 490 g/mol. The van der Waals surface area contributed by atoms with Crippen LogP contribution < -0.4 is 25.0 Å². The molecule has 1 aliphatic carbocycles. The molecule has 0 spiro atoms. The summed E-state index contributed by atoms with van der Waals surface area (Å²) in [4.78, 5) is 12.1. The van der Waals surface area contributed by atoms with Gasteiger partial charge in [0.2, 0.25) is 0 Å². The number of alkyl halides is 2. The van der Waals surface area contributed by atoms with Crippen molar-refractivity contribution < 1.29 is 35.7 Å². The predicted octanol–water partition coefficient (Wildman–Crippen LogP) is -1.29. The number of rotatable bonds is 6. The van der Waals surface area contributed by atoms with Crippen LogP contribution in [0.2, 0.25) is 0 Å². The van der Waals surface area contributed by atoms with Gasteiger partial charge in [-0.1, -0.05) is 0 Å². The zero-order valence-corrected chi connectivity index (χ0v) is 15.3. The van der Waals surface area contributed by atoms with Crippen molar-refractivity contribution >= 4 is 36.4 Å². The molecule has 0 bridgehead atoms. The van der Waals surface area contributed by atoms with Crippen LogP contribution in [0.1, 0.15) is 39.0 Å². The standard InChI is InChI=1S/C12H19BI2NO3/c1-2-18-11(8-6-4-3-5-7-8)19-10(17)9(14)12(13)15-16-12/h8-9,11,16H,2-7H2,1H3/q-1. The Balaban J connectivity index is 1.89. The SMILES string of the molecule is [B]C1(C(I)C(=O)OC(OCC)C2CCCCC2)N[I-]1. The Morgan fingerprint density at radius 1 is 1.53 bits per heavy atom. The normalized spacial score (nSPS) is 31.1. The summed E-state index contributed by atoms with van der Waals surface area (Å²) in [5, 5.41) is 0. The number of ether oxygens (including phenoxy) is 2. The van der Waals surface area contributed by atoms with Crippen molar-refractivity contribution in [1.82, 2.24) is 3.53 Å². The third-order valence-electron chi connectivity index (χ3n) is 3.49. The molecule has 1 heterocycles. The van der Waals surface area contributed by atoms with E-state index in [0.717, 1.165) is 12.8 Å². The zero-order chi connectivity index (χ0) is 13.9. The molecule has 2 radical (unpaired) electrons. The number of hydrogen-bond acceptors (Lipinski definition) is 4. The van der Waals surface area contributed by atoms with E-state index in [1.165, 1.54) is 19.3 Å². The first kappa shape index (κ1) is 16.3. The summed E-state index contributed by atoms with van der Waals surface area (Å²) in [6.45, 7) is 2.50. The van der Waals surface area contributed by atoms with E-state index in [-0.39, 0.29) is 31.4 Å². The van der Waals surface area contributed by atoms with Crippen LogP contribution in [0, 0.1) is 5.92 Å². The summed E-state index contributed by atoms with van der Waals surface area (Å²) >= 11 is 1.82. The fraction of sp³-hybridized carbons (Fsp3) is 0.917. The van der Waals surface area contributed by atoms with Gasteiger partial charge in [0.15, 0.2) is 0 Å². The number of carbonyl (C=O) groups excluding carboxylic acids is 1. The third-order valence-corrected chi connectivity index (χ3v) is 8.58. The van der Waals surface area contributed by atoms with Crippen LogP contribution in [0.4, 0.5) is 0 Å². The monoisotopic (exact) mass is 490 g/mol. The molecule has 3 unspecified atom stereocenters. The van der Waals surface area contributed by atoms with Crippen LogP contribution >= 0.6 is 22.6 Å². The summed E-state index contributed by atoms with van der Waals surface area (Å²) in [5.74, 6) is 0.105. The minimum atomic E-state index is -0.472. The number of halogens is 2. The van der Waals surface area contributed by atoms with Crippen molar-refractivity contribution in [2.75, 3.05) is 6.61 Å². The van der Waals surface area contributed by atoms with Gasteiger partial charge in [-0.25, -0.2) is 0 Å². The molecule has 1 aliphatic heterocycles. The Hall–Kier alpha value is 0.915. The van der Waals surface area contributed by atoms with E-state index in [1.807, 2.05) is 6.92 Å². The van der Waals surface area contributed by atoms with Gasteiger partial charge >= 0.3 is 141 Å². The summed E-state index contributed by atoms with van der Waals surface area (Å²) < 4.78 is 13.6. The molecule has 19 heavy (non-hydrogen) atoms. The molecule has 2 fully saturated rings. The summed E-state index contributed by atoms with van der Waals surface area (Å²) in [5.41, 5.74) is 0. The molecule has 4 nitrogen and oxygen atoms in total. The van der Waals surface area contributed by atoms with Gasteiger partial charge in [0.1, 0.15) is 0 Å². The van der Waals surface area contributed by atoms with Crippen molar-refractivity contribution in [1.29, 1.82) is 0 Å². The van der Waals surface area contributed by atoms with Crippen LogP contribution in [-0.2, 0) is 14.3 Å². The number of esters is 1. The molecule has 1 saturated heterocycles. The second kappa shape index (κ2) is 7.26. The Morgan fingerprint density at radius 3 is 2.68 bits per heavy atom. The fourth-order valence-electron chi connectivity index (χ4n) is 2.33. The molecule has 2 aliphatic rings. The topological polar surface area (TPSA) is 57.5 Å². The van der Waals surface area contributed by atoms with Gasteiger partial charge in [-0.05, 0) is 0 Å². The van der Waals surface area contributed by atoms with Crippen LogP contribution in [0.5, 0.6) is 0 Å². The number of nitrogens with one attached hydrogen (secondary N) is 1. The van der Waals surface area contributed by atoms with E-state index in [9.17, 15) is 4.79 Å². The average Bonchev–Trinajstić information content (AvgIpc) is 3.17. The molecule has 0 aromatic rings. The fourth-order valence-corrected chi connectivity index (χ4v) is 5.17. The van der Waals surface area contributed by atoms with Gasteiger partial charge in [0, 0.05) is 0 Å². The van der Waals surface area contributed by atoms with Crippen molar-refractivity contribution in [3.63, 3.8) is 0 Å². The summed E-state index contributed by atoms with van der Waals surface area (Å²) in [6, 6.07) is 0. The van der Waals surface area contributed by atoms with Crippen molar-refractivity contribution in [2.45, 2.75) is 52.7 Å². The van der Waals surface area contributed by atoms with Crippen molar-refractivity contribution in [3.8, 4) is 0 Å². The maximum atomic E-state index is 12.1. The molecule has 0 aromatic heterocycles. The van der Waals surface area contributed by atoms with Gasteiger partial charge in [-0.15, -0.1) is 0 Å². The second-order valence-corrected chi connectivity index (χ2v) is 9.09. The van der Waals surface area contributed by atoms with Crippen LogP contribution in [0.25, 0.3) is 0 Å². The van der Waals surface area contributed by atoms with E-state index >= 15 is 0 Å². The Labute approximate surface area is 140 Å². The zero-order valence-electron chi connectivity index (χ0n) is 11.0. The van der Waals surface area contributed by atoms with Gasteiger partial charge in [0.05, 0.1) is 0 Å². The number of carbonyl (C=O) groups is 1. The van der Waals surface area contributed by atoms with Gasteiger partial charge < -0.3 is 0 Å². The minimum absolute atomic E-state index is 0.239. The summed E-state index contributed by atoms with van der Waals surface area (Å²) in [7, 11) is 6.01. The molecule has 1 N–H and O–H groups in total. The first-order valence-electron chi connectivity index (χ1n) is 6.74. The third kappa shape index (κ3) is 4.44. The molecule has 2 rings (SSSR count). The Morgan fingerprint density at radius 2 is 2.16 bits per heavy atom. The molecule has 7 heteroatoms. The van der Waals surface area contributed by atoms with Crippen LogP contribution in [-0.4, -0.2) is 34.1 Å². The van der Waals surface area contributed by atoms with Gasteiger partial charge in [0.25, 0.3) is 0 Å². The molecule has 3 atom stereocenters. The summed E-state index contributed by atoms with van der Waals surface area (Å²) in [6.07, 6.45) is 5.46. The van der Waals surface area contributed by atoms with E-state index in [4.69, 9.17) is 17.3 Å². The maximum absolute atomic E-state index is 12.1. The quantitative estimate of drug-likeness (QED) is 0.0737. The molecule has 1 saturated carbocycles. The molecule has 0 aromatic carbocycles. The molecular formula is C12H19BI2NO3-.